The molecular formula is C16H27IN4O2. The number of ether oxygens (including phenoxy) is 1. The molecule has 23 heavy (non-hydrogen) atoms. The molecule has 0 radical (unpaired) electrons. The molecule has 0 saturated carbocycles. The summed E-state index contributed by atoms with van der Waals surface area (Å²) in [5.41, 5.74) is 0.650. The van der Waals surface area contributed by atoms with Crippen molar-refractivity contribution < 1.29 is 9.53 Å². The van der Waals surface area contributed by atoms with E-state index >= 15 is 0 Å². The zero-order valence-electron chi connectivity index (χ0n) is 14.2. The molecule has 0 N–H and O–H groups in total. The van der Waals surface area contributed by atoms with Crippen molar-refractivity contribution in [1.82, 2.24) is 17.8 Å². The Morgan fingerprint density at radius 2 is 2.17 bits per heavy atom. The van der Waals surface area contributed by atoms with Crippen LogP contribution in [0.4, 0.5) is 0 Å². The van der Waals surface area contributed by atoms with Gasteiger partial charge in [0.2, 0.25) is 0 Å². The number of rotatable bonds is 7. The van der Waals surface area contributed by atoms with E-state index in [1.165, 1.54) is 0 Å². The number of halogens is 1. The average Bonchev–Trinajstić information content (AvgIpc) is 3.02. The van der Waals surface area contributed by atoms with Crippen LogP contribution in [0.1, 0.15) is 49.5 Å². The number of carbonyl (C=O) groups excluding carboxylic acids is 1. The van der Waals surface area contributed by atoms with Crippen molar-refractivity contribution in [2.45, 2.75) is 45.3 Å². The molecule has 0 aromatic carbocycles. The molecule has 0 spiro atoms. The highest BCUT2D eigenvalue weighted by molar-refractivity contribution is 14.1. The minimum atomic E-state index is 0.0233. The highest BCUT2D eigenvalue weighted by Crippen LogP contribution is 2.16. The van der Waals surface area contributed by atoms with Crippen LogP contribution in [0.15, 0.2) is 12.4 Å². The standard InChI is InChI=1S/C16H27IN4O2/c1-13(2)21-12-14(11-18-21)16(22)19(3)7-4-10-23-15-5-8-20(17)9-6-15/h11-13,15H,4-10H2,1-3H3. The Morgan fingerprint density at radius 3 is 2.78 bits per heavy atom. The van der Waals surface area contributed by atoms with Gasteiger partial charge in [0.1, 0.15) is 0 Å². The lowest BCUT2D eigenvalue weighted by molar-refractivity contribution is 0.0208. The zero-order valence-corrected chi connectivity index (χ0v) is 16.4. The molecule has 2 rings (SSSR count). The Morgan fingerprint density at radius 1 is 1.48 bits per heavy atom. The predicted octanol–water partition coefficient (Wildman–Crippen LogP) is 2.76. The SMILES string of the molecule is CC(C)n1cc(C(=O)N(C)CCCOC2CCN(I)CC2)cn1. The van der Waals surface area contributed by atoms with Crippen molar-refractivity contribution in [3.8, 4) is 0 Å². The molecule has 1 aromatic heterocycles. The van der Waals surface area contributed by atoms with Gasteiger partial charge in [0.15, 0.2) is 0 Å². The smallest absolute Gasteiger partial charge is 0.256 e. The van der Waals surface area contributed by atoms with E-state index < -0.39 is 0 Å². The van der Waals surface area contributed by atoms with Crippen LogP contribution in [0.2, 0.25) is 0 Å². The molecular weight excluding hydrogens is 407 g/mol. The maximum atomic E-state index is 12.3. The van der Waals surface area contributed by atoms with E-state index in [2.05, 4.69) is 31.1 Å². The summed E-state index contributed by atoms with van der Waals surface area (Å²) in [5, 5.41) is 4.22. The van der Waals surface area contributed by atoms with Gasteiger partial charge in [-0.25, -0.2) is 3.11 Å². The average molecular weight is 434 g/mol. The van der Waals surface area contributed by atoms with Gasteiger partial charge in [0.05, 0.1) is 17.9 Å². The molecule has 1 amide bonds. The largest absolute Gasteiger partial charge is 0.378 e. The van der Waals surface area contributed by atoms with Gasteiger partial charge in [-0.2, -0.15) is 5.10 Å². The number of piperidine rings is 1. The van der Waals surface area contributed by atoms with Crippen LogP contribution in [-0.2, 0) is 4.74 Å². The first-order valence-corrected chi connectivity index (χ1v) is 9.26. The summed E-state index contributed by atoms with van der Waals surface area (Å²) < 4.78 is 10.0. The predicted molar refractivity (Wildman–Crippen MR) is 98.8 cm³/mol. The van der Waals surface area contributed by atoms with E-state index in [4.69, 9.17) is 4.74 Å². The van der Waals surface area contributed by atoms with Gasteiger partial charge in [-0.1, -0.05) is 0 Å². The molecule has 1 aliphatic rings. The number of carbonyl (C=O) groups is 1. The number of nitrogens with zero attached hydrogens (tertiary/aromatic N) is 4. The maximum Gasteiger partial charge on any atom is 0.256 e. The number of hydrogen-bond acceptors (Lipinski definition) is 4. The summed E-state index contributed by atoms with van der Waals surface area (Å²) in [6.07, 6.45) is 6.92. The van der Waals surface area contributed by atoms with Crippen LogP contribution in [0.3, 0.4) is 0 Å². The minimum absolute atomic E-state index is 0.0233. The van der Waals surface area contributed by atoms with Gasteiger partial charge in [0, 0.05) is 68.4 Å². The number of amides is 1. The summed E-state index contributed by atoms with van der Waals surface area (Å²) in [7, 11) is 1.84. The first-order valence-electron chi connectivity index (χ1n) is 8.29. The highest BCUT2D eigenvalue weighted by atomic mass is 127. The van der Waals surface area contributed by atoms with Crippen LogP contribution >= 0.6 is 22.9 Å². The van der Waals surface area contributed by atoms with Gasteiger partial charge in [-0.3, -0.25) is 9.48 Å². The molecule has 0 unspecified atom stereocenters. The second-order valence-electron chi connectivity index (χ2n) is 6.36. The fourth-order valence-electron chi connectivity index (χ4n) is 2.60. The topological polar surface area (TPSA) is 50.6 Å². The fourth-order valence-corrected chi connectivity index (χ4v) is 3.15. The molecule has 0 bridgehead atoms. The van der Waals surface area contributed by atoms with Gasteiger partial charge in [0.25, 0.3) is 5.91 Å². The summed E-state index contributed by atoms with van der Waals surface area (Å²) >= 11 is 2.37. The first kappa shape index (κ1) is 18.7. The van der Waals surface area contributed by atoms with Crippen molar-refractivity contribution in [2.24, 2.45) is 0 Å². The van der Waals surface area contributed by atoms with Gasteiger partial charge >= 0.3 is 0 Å². The quantitative estimate of drug-likeness (QED) is 0.376. The Labute approximate surface area is 152 Å². The molecule has 6 nitrogen and oxygen atoms in total. The van der Waals surface area contributed by atoms with E-state index in [0.29, 0.717) is 18.2 Å². The van der Waals surface area contributed by atoms with Crippen LogP contribution in [-0.4, -0.2) is 63.1 Å². The lowest BCUT2D eigenvalue weighted by Crippen LogP contribution is -2.32. The Balaban J connectivity index is 1.67. The van der Waals surface area contributed by atoms with Crippen LogP contribution in [0, 0.1) is 0 Å². The Bertz CT molecular complexity index is 498. The van der Waals surface area contributed by atoms with Crippen LogP contribution < -0.4 is 0 Å². The third-order valence-electron chi connectivity index (χ3n) is 4.10. The second kappa shape index (κ2) is 8.98. The molecule has 1 aliphatic heterocycles. The van der Waals surface area contributed by atoms with Crippen molar-refractivity contribution in [3.63, 3.8) is 0 Å². The third kappa shape index (κ3) is 5.72. The van der Waals surface area contributed by atoms with Crippen molar-refractivity contribution >= 4 is 28.8 Å². The normalized spacial score (nSPS) is 16.9. The first-order chi connectivity index (χ1) is 11.0. The summed E-state index contributed by atoms with van der Waals surface area (Å²) in [6.45, 7) is 7.72. The molecule has 1 fully saturated rings. The van der Waals surface area contributed by atoms with Crippen LogP contribution in [0.5, 0.6) is 0 Å². The monoisotopic (exact) mass is 434 g/mol. The second-order valence-corrected chi connectivity index (χ2v) is 7.73. The molecule has 1 saturated heterocycles. The van der Waals surface area contributed by atoms with E-state index in [-0.39, 0.29) is 11.9 Å². The van der Waals surface area contributed by atoms with E-state index in [9.17, 15) is 4.79 Å². The maximum absolute atomic E-state index is 12.3. The van der Waals surface area contributed by atoms with Crippen molar-refractivity contribution in [3.05, 3.63) is 18.0 Å². The van der Waals surface area contributed by atoms with E-state index in [1.807, 2.05) is 31.8 Å². The van der Waals surface area contributed by atoms with Crippen LogP contribution in [0.25, 0.3) is 0 Å². The molecule has 7 heteroatoms. The van der Waals surface area contributed by atoms with Gasteiger partial charge < -0.3 is 9.64 Å². The third-order valence-corrected chi connectivity index (χ3v) is 5.07. The lowest BCUT2D eigenvalue weighted by Gasteiger charge is -2.27. The molecule has 1 aromatic rings. The van der Waals surface area contributed by atoms with Crippen molar-refractivity contribution in [1.29, 1.82) is 0 Å². The van der Waals surface area contributed by atoms with Crippen molar-refractivity contribution in [2.75, 3.05) is 33.3 Å². The molecule has 130 valence electrons. The Kier molecular flexibility index (Phi) is 7.29. The molecule has 2 heterocycles. The minimum Gasteiger partial charge on any atom is -0.378 e. The van der Waals surface area contributed by atoms with E-state index in [0.717, 1.165) is 39.0 Å². The number of aromatic nitrogens is 2. The lowest BCUT2D eigenvalue weighted by atomic mass is 10.1. The number of hydrogen-bond donors (Lipinski definition) is 0. The highest BCUT2D eigenvalue weighted by Gasteiger charge is 2.18. The fraction of sp³-hybridized carbons (Fsp3) is 0.750. The zero-order chi connectivity index (χ0) is 16.8. The molecule has 0 atom stereocenters. The summed E-state index contributed by atoms with van der Waals surface area (Å²) in [4.78, 5) is 14.1. The van der Waals surface area contributed by atoms with Gasteiger partial charge in [-0.05, 0) is 33.1 Å². The summed E-state index contributed by atoms with van der Waals surface area (Å²) in [5.74, 6) is 0.0233. The summed E-state index contributed by atoms with van der Waals surface area (Å²) in [6, 6.07) is 0.268. The molecule has 0 aliphatic carbocycles. The Hall–Kier alpha value is -0.670. The van der Waals surface area contributed by atoms with E-state index in [1.54, 1.807) is 11.1 Å². The van der Waals surface area contributed by atoms with Gasteiger partial charge in [-0.15, -0.1) is 0 Å².